The molecule has 0 spiro atoms. The summed E-state index contributed by atoms with van der Waals surface area (Å²) in [6.07, 6.45) is -1.10. The van der Waals surface area contributed by atoms with E-state index >= 15 is 0 Å². The molecule has 0 aliphatic heterocycles. The van der Waals surface area contributed by atoms with Crippen LogP contribution in [0.1, 0.15) is 15.9 Å². The van der Waals surface area contributed by atoms with Gasteiger partial charge in [0.25, 0.3) is 0 Å². The molecule has 0 fully saturated rings. The van der Waals surface area contributed by atoms with Gasteiger partial charge in [-0.05, 0) is 48.1 Å². The summed E-state index contributed by atoms with van der Waals surface area (Å²) in [5.41, 5.74) is 1.23. The minimum atomic E-state index is -1.91. The van der Waals surface area contributed by atoms with E-state index in [-0.39, 0.29) is 17.1 Å². The summed E-state index contributed by atoms with van der Waals surface area (Å²) in [6, 6.07) is 13.0. The van der Waals surface area contributed by atoms with Gasteiger partial charge in [-0.25, -0.2) is 4.79 Å². The van der Waals surface area contributed by atoms with Crippen LogP contribution in [0.2, 0.25) is 0 Å². The maximum Gasteiger partial charge on any atom is 0.335 e. The number of carboxylic acid groups (broad SMARTS) is 1. The zero-order valence-corrected chi connectivity index (χ0v) is 18.7. The first-order valence-corrected chi connectivity index (χ1v) is 10.0. The normalized spacial score (nSPS) is 11.9. The molecule has 2 rings (SSSR count). The third-order valence-corrected chi connectivity index (χ3v) is 4.67. The molecule has 4 N–H and O–H groups in total. The number of amides is 1. The first kappa shape index (κ1) is 24.0. The second kappa shape index (κ2) is 10.7. The highest BCUT2D eigenvalue weighted by molar-refractivity contribution is 7.80. The molecule has 0 saturated carbocycles. The van der Waals surface area contributed by atoms with E-state index in [9.17, 15) is 9.59 Å². The number of nitrogens with one attached hydrogen (secondary N) is 3. The quantitative estimate of drug-likeness (QED) is 0.267. The summed E-state index contributed by atoms with van der Waals surface area (Å²) in [6.45, 7) is 0. The van der Waals surface area contributed by atoms with Crippen molar-refractivity contribution in [3.63, 3.8) is 0 Å². The Kier molecular flexibility index (Phi) is 8.54. The number of rotatable bonds is 7. The summed E-state index contributed by atoms with van der Waals surface area (Å²) in [7, 11) is 1.55. The lowest BCUT2D eigenvalue weighted by Crippen LogP contribution is -2.56. The number of carboxylic acids is 1. The molecule has 11 heteroatoms. The maximum atomic E-state index is 12.4. The van der Waals surface area contributed by atoms with E-state index < -0.39 is 21.8 Å². The SMILES string of the molecule is COc1ccc(CC(=O)NC(NC(=S)Nc2cccc(C(=O)O)c2)C(Cl)(Cl)Cl)cc1. The van der Waals surface area contributed by atoms with Crippen LogP contribution in [0.4, 0.5) is 5.69 Å². The van der Waals surface area contributed by atoms with Crippen molar-refractivity contribution in [3.8, 4) is 5.75 Å². The topological polar surface area (TPSA) is 99.7 Å². The third kappa shape index (κ3) is 7.53. The van der Waals surface area contributed by atoms with E-state index in [1.54, 1.807) is 43.5 Å². The van der Waals surface area contributed by atoms with Gasteiger partial charge in [-0.2, -0.15) is 0 Å². The van der Waals surface area contributed by atoms with Crippen molar-refractivity contribution in [2.45, 2.75) is 16.4 Å². The first-order valence-electron chi connectivity index (χ1n) is 8.48. The van der Waals surface area contributed by atoms with Crippen LogP contribution in [0, 0.1) is 0 Å². The number of thiocarbonyl (C=S) groups is 1. The fourth-order valence-corrected chi connectivity index (χ4v) is 2.93. The van der Waals surface area contributed by atoms with Gasteiger partial charge in [0.2, 0.25) is 9.70 Å². The smallest absolute Gasteiger partial charge is 0.335 e. The number of hydrogen-bond acceptors (Lipinski definition) is 4. The molecule has 1 amide bonds. The van der Waals surface area contributed by atoms with Gasteiger partial charge in [0.15, 0.2) is 5.11 Å². The van der Waals surface area contributed by atoms with E-state index in [0.717, 1.165) is 5.56 Å². The number of carbonyl (C=O) groups excluding carboxylic acids is 1. The van der Waals surface area contributed by atoms with E-state index in [1.807, 2.05) is 0 Å². The molecule has 0 heterocycles. The summed E-state index contributed by atoms with van der Waals surface area (Å²) in [5, 5.41) is 17.2. The summed E-state index contributed by atoms with van der Waals surface area (Å²) >= 11 is 23.1. The highest BCUT2D eigenvalue weighted by atomic mass is 35.6. The Balaban J connectivity index is 2.01. The van der Waals surface area contributed by atoms with Crippen LogP contribution < -0.4 is 20.7 Å². The van der Waals surface area contributed by atoms with E-state index in [0.29, 0.717) is 11.4 Å². The molecular formula is C19H18Cl3N3O4S. The molecular weight excluding hydrogens is 473 g/mol. The molecule has 0 aliphatic carbocycles. The van der Waals surface area contributed by atoms with E-state index in [4.69, 9.17) is 56.9 Å². The number of benzene rings is 2. The van der Waals surface area contributed by atoms with Gasteiger partial charge in [-0.1, -0.05) is 53.0 Å². The van der Waals surface area contributed by atoms with Crippen LogP contribution in [0.15, 0.2) is 48.5 Å². The highest BCUT2D eigenvalue weighted by Crippen LogP contribution is 2.29. The molecule has 7 nitrogen and oxygen atoms in total. The van der Waals surface area contributed by atoms with Crippen LogP contribution in [0.25, 0.3) is 0 Å². The Hall–Kier alpha value is -2.26. The number of hydrogen-bond donors (Lipinski definition) is 4. The fourth-order valence-electron chi connectivity index (χ4n) is 2.37. The lowest BCUT2D eigenvalue weighted by atomic mass is 10.1. The second-order valence-corrected chi connectivity index (χ2v) is 8.83. The average molecular weight is 491 g/mol. The van der Waals surface area contributed by atoms with Crippen molar-refractivity contribution in [1.82, 2.24) is 10.6 Å². The van der Waals surface area contributed by atoms with Crippen LogP contribution in [0.3, 0.4) is 0 Å². The molecule has 1 unspecified atom stereocenters. The predicted octanol–water partition coefficient (Wildman–Crippen LogP) is 3.74. The van der Waals surface area contributed by atoms with Gasteiger partial charge >= 0.3 is 5.97 Å². The molecule has 0 aromatic heterocycles. The van der Waals surface area contributed by atoms with Crippen LogP contribution in [0.5, 0.6) is 5.75 Å². The molecule has 0 saturated heterocycles. The Bertz CT molecular complexity index is 920. The van der Waals surface area contributed by atoms with Gasteiger partial charge < -0.3 is 25.8 Å². The molecule has 2 aromatic carbocycles. The largest absolute Gasteiger partial charge is 0.497 e. The number of anilines is 1. The molecule has 0 radical (unpaired) electrons. The maximum absolute atomic E-state index is 12.4. The van der Waals surface area contributed by atoms with Gasteiger partial charge in [-0.3, -0.25) is 4.79 Å². The molecule has 30 heavy (non-hydrogen) atoms. The fraction of sp³-hybridized carbons (Fsp3) is 0.211. The van der Waals surface area contributed by atoms with Gasteiger partial charge in [0.1, 0.15) is 11.9 Å². The average Bonchev–Trinajstić information content (AvgIpc) is 2.67. The number of ether oxygens (including phenoxy) is 1. The Morgan fingerprint density at radius 3 is 2.37 bits per heavy atom. The van der Waals surface area contributed by atoms with Crippen LogP contribution >= 0.6 is 47.0 Å². The first-order chi connectivity index (χ1) is 14.1. The van der Waals surface area contributed by atoms with Crippen molar-refractivity contribution < 1.29 is 19.4 Å². The van der Waals surface area contributed by atoms with Crippen molar-refractivity contribution in [3.05, 3.63) is 59.7 Å². The van der Waals surface area contributed by atoms with E-state index in [1.165, 1.54) is 12.1 Å². The lowest BCUT2D eigenvalue weighted by molar-refractivity contribution is -0.121. The summed E-state index contributed by atoms with van der Waals surface area (Å²) in [5.74, 6) is -0.814. The molecule has 2 aromatic rings. The summed E-state index contributed by atoms with van der Waals surface area (Å²) < 4.78 is 3.17. The highest BCUT2D eigenvalue weighted by Gasteiger charge is 2.34. The number of carbonyl (C=O) groups is 2. The predicted molar refractivity (Wildman–Crippen MR) is 122 cm³/mol. The number of halogens is 3. The Morgan fingerprint density at radius 1 is 1.13 bits per heavy atom. The molecule has 160 valence electrons. The van der Waals surface area contributed by atoms with Crippen LogP contribution in [-0.4, -0.2) is 39.2 Å². The standard InChI is InChI=1S/C19H18Cl3N3O4S/c1-29-14-7-5-11(6-8-14)9-15(26)24-17(19(20,21)22)25-18(30)23-13-4-2-3-12(10-13)16(27)28/h2-8,10,17H,9H2,1H3,(H,24,26)(H,27,28)(H2,23,25,30). The van der Waals surface area contributed by atoms with Gasteiger partial charge in [0.05, 0.1) is 19.1 Å². The monoisotopic (exact) mass is 489 g/mol. The zero-order chi connectivity index (χ0) is 22.3. The summed E-state index contributed by atoms with van der Waals surface area (Å²) in [4.78, 5) is 23.5. The van der Waals surface area contributed by atoms with Gasteiger partial charge in [-0.15, -0.1) is 0 Å². The Morgan fingerprint density at radius 2 is 1.80 bits per heavy atom. The van der Waals surface area contributed by atoms with Crippen molar-refractivity contribution in [1.29, 1.82) is 0 Å². The lowest BCUT2D eigenvalue weighted by Gasteiger charge is -2.27. The molecule has 0 aliphatic rings. The minimum Gasteiger partial charge on any atom is -0.497 e. The molecule has 1 atom stereocenters. The van der Waals surface area contributed by atoms with E-state index in [2.05, 4.69) is 16.0 Å². The van der Waals surface area contributed by atoms with Crippen LogP contribution in [-0.2, 0) is 11.2 Å². The third-order valence-electron chi connectivity index (χ3n) is 3.80. The zero-order valence-electron chi connectivity index (χ0n) is 15.6. The van der Waals surface area contributed by atoms with Crippen molar-refractivity contribution in [2.75, 3.05) is 12.4 Å². The number of alkyl halides is 3. The molecule has 0 bridgehead atoms. The minimum absolute atomic E-state index is 0.0265. The number of methoxy groups -OCH3 is 1. The van der Waals surface area contributed by atoms with Crippen molar-refractivity contribution >= 4 is 69.7 Å². The van der Waals surface area contributed by atoms with Crippen molar-refractivity contribution in [2.24, 2.45) is 0 Å². The second-order valence-electron chi connectivity index (χ2n) is 6.05. The Labute approximate surface area is 193 Å². The van der Waals surface area contributed by atoms with Gasteiger partial charge in [0, 0.05) is 5.69 Å². The number of aromatic carboxylic acids is 1.